The second kappa shape index (κ2) is 6.06. The summed E-state index contributed by atoms with van der Waals surface area (Å²) in [5.74, 6) is 0. The first kappa shape index (κ1) is 8.93. The van der Waals surface area contributed by atoms with Crippen molar-refractivity contribution in [2.75, 3.05) is 0 Å². The topological polar surface area (TPSA) is 17.1 Å². The average Bonchev–Trinajstić information content (AvgIpc) is 1.98. The van der Waals surface area contributed by atoms with Gasteiger partial charge in [-0.1, -0.05) is 12.7 Å². The number of rotatable bonds is 5. The highest BCUT2D eigenvalue weighted by Crippen LogP contribution is 2.05. The zero-order valence-electron chi connectivity index (χ0n) is 6.10. The van der Waals surface area contributed by atoms with Crippen LogP contribution >= 0.6 is 0 Å². The van der Waals surface area contributed by atoms with Gasteiger partial charge < -0.3 is 4.79 Å². The molecule has 0 heterocycles. The second-order valence-corrected chi connectivity index (χ2v) is 1.98. The second-order valence-electron chi connectivity index (χ2n) is 1.98. The van der Waals surface area contributed by atoms with Crippen LogP contribution in [-0.4, -0.2) is 6.29 Å². The van der Waals surface area contributed by atoms with Crippen LogP contribution < -0.4 is 0 Å². The monoisotopic (exact) mass is 136 g/mol. The summed E-state index contributed by atoms with van der Waals surface area (Å²) in [6.45, 7) is 7.05. The predicted molar refractivity (Wildman–Crippen MR) is 42.8 cm³/mol. The minimum atomic E-state index is 0.456. The van der Waals surface area contributed by atoms with E-state index in [-0.39, 0.29) is 0 Å². The van der Waals surface area contributed by atoms with Crippen LogP contribution in [0.3, 0.4) is 0 Å². The van der Waals surface area contributed by atoms with Gasteiger partial charge in [0.2, 0.25) is 0 Å². The smallest absolute Gasteiger partial charge is 0.124 e. The van der Waals surface area contributed by atoms with Crippen LogP contribution in [0.1, 0.15) is 19.3 Å². The Hall–Kier alpha value is -1.07. The predicted octanol–water partition coefficient (Wildman–Crippen LogP) is 2.25. The number of hydrogen-bond donors (Lipinski definition) is 0. The Morgan fingerprint density at radius 1 is 1.60 bits per heavy atom. The minimum Gasteiger partial charge on any atom is -0.303 e. The van der Waals surface area contributed by atoms with Crippen molar-refractivity contribution >= 4 is 6.29 Å². The number of aldehydes is 1. The van der Waals surface area contributed by atoms with E-state index in [2.05, 4.69) is 18.9 Å². The molecular weight excluding hydrogens is 124 g/mol. The molecule has 1 heteroatoms. The van der Waals surface area contributed by atoms with Crippen LogP contribution in [0, 0.1) is 0 Å². The summed E-state index contributed by atoms with van der Waals surface area (Å²) in [6, 6.07) is 0. The Kier molecular flexibility index (Phi) is 5.41. The lowest BCUT2D eigenvalue weighted by atomic mass is 10.1. The quantitative estimate of drug-likeness (QED) is 0.322. The summed E-state index contributed by atoms with van der Waals surface area (Å²) in [5, 5.41) is 0. The molecule has 0 aliphatic carbocycles. The van der Waals surface area contributed by atoms with Crippen molar-refractivity contribution in [2.24, 2.45) is 0 Å². The van der Waals surface area contributed by atoms with Gasteiger partial charge in [-0.15, -0.1) is 12.3 Å². The molecule has 0 fully saturated rings. The van der Waals surface area contributed by atoms with Gasteiger partial charge in [0, 0.05) is 6.42 Å². The molecule has 10 heavy (non-hydrogen) atoms. The molecule has 0 rings (SSSR count). The molecule has 0 bridgehead atoms. The van der Waals surface area contributed by atoms with Crippen molar-refractivity contribution in [2.45, 2.75) is 19.3 Å². The highest BCUT2D eigenvalue weighted by Gasteiger charge is 1.91. The van der Waals surface area contributed by atoms with E-state index >= 15 is 0 Å². The van der Waals surface area contributed by atoms with Crippen LogP contribution in [0.15, 0.2) is 30.5 Å². The third-order valence-electron chi connectivity index (χ3n) is 1.23. The largest absolute Gasteiger partial charge is 0.303 e. The van der Waals surface area contributed by atoms with Gasteiger partial charge in [-0.25, -0.2) is 0 Å². The Bertz CT molecular complexity index is 162. The summed E-state index contributed by atoms with van der Waals surface area (Å²) in [5.41, 5.74) is 3.69. The molecule has 0 saturated carbocycles. The highest BCUT2D eigenvalue weighted by atomic mass is 16.1. The molecule has 0 unspecified atom stereocenters. The molecule has 0 atom stereocenters. The Morgan fingerprint density at radius 2 is 2.30 bits per heavy atom. The first-order valence-electron chi connectivity index (χ1n) is 3.27. The molecule has 0 aromatic carbocycles. The van der Waals surface area contributed by atoms with E-state index in [9.17, 15) is 4.79 Å². The summed E-state index contributed by atoms with van der Waals surface area (Å²) in [7, 11) is 0. The zero-order chi connectivity index (χ0) is 7.82. The Morgan fingerprint density at radius 3 is 2.70 bits per heavy atom. The molecule has 54 valence electrons. The van der Waals surface area contributed by atoms with Crippen LogP contribution in [0.5, 0.6) is 0 Å². The van der Waals surface area contributed by atoms with E-state index < -0.39 is 0 Å². The molecule has 0 aliphatic rings. The maximum absolute atomic E-state index is 10.0. The SMILES string of the molecule is C=C=C(CC=O)CCC=C. The van der Waals surface area contributed by atoms with Gasteiger partial charge >= 0.3 is 0 Å². The van der Waals surface area contributed by atoms with E-state index in [4.69, 9.17) is 0 Å². The van der Waals surface area contributed by atoms with Crippen LogP contribution in [0.25, 0.3) is 0 Å². The molecule has 0 aliphatic heterocycles. The number of hydrogen-bond acceptors (Lipinski definition) is 1. The molecule has 0 N–H and O–H groups in total. The van der Waals surface area contributed by atoms with Crippen molar-refractivity contribution in [1.29, 1.82) is 0 Å². The third-order valence-corrected chi connectivity index (χ3v) is 1.23. The van der Waals surface area contributed by atoms with Gasteiger partial charge in [0.1, 0.15) is 6.29 Å². The fourth-order valence-electron chi connectivity index (χ4n) is 0.640. The molecule has 0 saturated heterocycles. The van der Waals surface area contributed by atoms with Crippen molar-refractivity contribution in [3.8, 4) is 0 Å². The van der Waals surface area contributed by atoms with E-state index in [1.807, 2.05) is 6.08 Å². The van der Waals surface area contributed by atoms with Crippen LogP contribution in [0.2, 0.25) is 0 Å². The van der Waals surface area contributed by atoms with Crippen molar-refractivity contribution < 1.29 is 4.79 Å². The summed E-state index contributed by atoms with van der Waals surface area (Å²) >= 11 is 0. The van der Waals surface area contributed by atoms with Gasteiger partial charge in [-0.3, -0.25) is 0 Å². The van der Waals surface area contributed by atoms with Gasteiger partial charge in [-0.2, -0.15) is 0 Å². The number of allylic oxidation sites excluding steroid dienone is 2. The van der Waals surface area contributed by atoms with Gasteiger partial charge in [-0.05, 0) is 18.4 Å². The molecule has 0 aromatic rings. The van der Waals surface area contributed by atoms with E-state index in [0.717, 1.165) is 24.7 Å². The molecule has 0 aromatic heterocycles. The normalized spacial score (nSPS) is 8.00. The maximum atomic E-state index is 10.0. The first-order valence-corrected chi connectivity index (χ1v) is 3.27. The summed E-state index contributed by atoms with van der Waals surface area (Å²) in [6.07, 6.45) is 4.90. The average molecular weight is 136 g/mol. The first-order chi connectivity index (χ1) is 4.85. The third kappa shape index (κ3) is 3.88. The lowest BCUT2D eigenvalue weighted by Gasteiger charge is -1.94. The maximum Gasteiger partial charge on any atom is 0.124 e. The van der Waals surface area contributed by atoms with Crippen molar-refractivity contribution in [3.05, 3.63) is 30.5 Å². The van der Waals surface area contributed by atoms with E-state index in [1.165, 1.54) is 0 Å². The Labute approximate surface area is 61.8 Å². The van der Waals surface area contributed by atoms with Gasteiger partial charge in [0.25, 0.3) is 0 Å². The van der Waals surface area contributed by atoms with Gasteiger partial charge in [0.15, 0.2) is 0 Å². The molecular formula is C9H12O. The minimum absolute atomic E-state index is 0.456. The fourth-order valence-corrected chi connectivity index (χ4v) is 0.640. The molecule has 1 nitrogen and oxygen atoms in total. The van der Waals surface area contributed by atoms with Crippen molar-refractivity contribution in [1.82, 2.24) is 0 Å². The molecule has 0 amide bonds. The lowest BCUT2D eigenvalue weighted by Crippen LogP contribution is -1.81. The summed E-state index contributed by atoms with van der Waals surface area (Å²) in [4.78, 5) is 10.0. The van der Waals surface area contributed by atoms with E-state index in [0.29, 0.717) is 6.42 Å². The highest BCUT2D eigenvalue weighted by molar-refractivity contribution is 5.54. The van der Waals surface area contributed by atoms with Crippen molar-refractivity contribution in [3.63, 3.8) is 0 Å². The number of carbonyl (C=O) groups excluding carboxylic acids is 1. The van der Waals surface area contributed by atoms with E-state index in [1.54, 1.807) is 0 Å². The number of carbonyl (C=O) groups is 1. The zero-order valence-corrected chi connectivity index (χ0v) is 6.10. The standard InChI is InChI=1S/C9H12O/c1-3-5-6-9(4-2)7-8-10/h3,8H,1-2,5-7H2. The lowest BCUT2D eigenvalue weighted by molar-refractivity contribution is -0.107. The molecule has 0 spiro atoms. The fraction of sp³-hybridized carbons (Fsp3) is 0.333. The molecule has 0 radical (unpaired) electrons. The van der Waals surface area contributed by atoms with Crippen LogP contribution in [0.4, 0.5) is 0 Å². The van der Waals surface area contributed by atoms with Crippen LogP contribution in [-0.2, 0) is 4.79 Å². The Balaban J connectivity index is 3.72. The summed E-state index contributed by atoms with van der Waals surface area (Å²) < 4.78 is 0. The van der Waals surface area contributed by atoms with Gasteiger partial charge in [0.05, 0.1) is 0 Å².